The number of hydrogen-bond donors (Lipinski definition) is 1. The lowest BCUT2D eigenvalue weighted by Crippen LogP contribution is -2.12. The number of nitrogens with zero attached hydrogens (tertiary/aromatic N) is 2. The molecule has 0 amide bonds. The van der Waals surface area contributed by atoms with Crippen molar-refractivity contribution in [3.63, 3.8) is 0 Å². The zero-order valence-electron chi connectivity index (χ0n) is 12.3. The number of pyridine rings is 1. The third-order valence-electron chi connectivity index (χ3n) is 3.08. The molecule has 0 unspecified atom stereocenters. The summed E-state index contributed by atoms with van der Waals surface area (Å²) in [5, 5.41) is 11.4. The molecule has 0 atom stereocenters. The number of alkyl halides is 2. The van der Waals surface area contributed by atoms with E-state index >= 15 is 0 Å². The van der Waals surface area contributed by atoms with Gasteiger partial charge in [-0.2, -0.15) is 8.78 Å². The highest BCUT2D eigenvalue weighted by Crippen LogP contribution is 2.41. The van der Waals surface area contributed by atoms with Gasteiger partial charge in [-0.05, 0) is 17.5 Å². The number of hydrogen-bond acceptors (Lipinski definition) is 4. The molecule has 2 aromatic heterocycles. The first-order valence-corrected chi connectivity index (χ1v) is 6.48. The monoisotopic (exact) mass is 311 g/mol. The Balaban J connectivity index is 2.64. The van der Waals surface area contributed by atoms with Crippen LogP contribution < -0.4 is 4.74 Å². The molecular weight excluding hydrogens is 296 g/mol. The first kappa shape index (κ1) is 15.9. The van der Waals surface area contributed by atoms with Crippen molar-refractivity contribution in [1.29, 1.82) is 0 Å². The van der Waals surface area contributed by atoms with Gasteiger partial charge in [0.25, 0.3) is 5.69 Å². The molecule has 0 spiro atoms. The fraction of sp³-hybridized carbons (Fsp3) is 0.357. The van der Waals surface area contributed by atoms with Crippen LogP contribution in [0.5, 0.6) is 5.88 Å². The molecule has 0 aliphatic carbocycles. The number of halogens is 2. The van der Waals surface area contributed by atoms with E-state index < -0.39 is 16.9 Å². The van der Waals surface area contributed by atoms with E-state index in [4.69, 9.17) is 0 Å². The van der Waals surface area contributed by atoms with Gasteiger partial charge in [0, 0.05) is 12.4 Å². The van der Waals surface area contributed by atoms with Crippen LogP contribution in [0.4, 0.5) is 14.5 Å². The predicted octanol–water partition coefficient (Wildman–Crippen LogP) is 3.88. The molecule has 0 aliphatic rings. The maximum absolute atomic E-state index is 12.5. The molecule has 8 heteroatoms. The first-order valence-electron chi connectivity index (χ1n) is 6.48. The van der Waals surface area contributed by atoms with Gasteiger partial charge in [0.15, 0.2) is 0 Å². The van der Waals surface area contributed by atoms with E-state index in [9.17, 15) is 18.9 Å². The van der Waals surface area contributed by atoms with Crippen LogP contribution in [0, 0.1) is 10.1 Å². The molecule has 0 fully saturated rings. The summed E-state index contributed by atoms with van der Waals surface area (Å²) in [6, 6.07) is 2.94. The Morgan fingerprint density at radius 3 is 2.64 bits per heavy atom. The molecule has 2 heterocycles. The molecule has 6 nitrogen and oxygen atoms in total. The van der Waals surface area contributed by atoms with Gasteiger partial charge < -0.3 is 9.72 Å². The summed E-state index contributed by atoms with van der Waals surface area (Å²) in [7, 11) is 0. The van der Waals surface area contributed by atoms with Crippen molar-refractivity contribution in [1.82, 2.24) is 9.97 Å². The molecule has 2 aromatic rings. The Morgan fingerprint density at radius 2 is 2.09 bits per heavy atom. The van der Waals surface area contributed by atoms with Crippen LogP contribution in [-0.4, -0.2) is 21.5 Å². The molecule has 118 valence electrons. The standard InChI is InChI=1S/C14H15F2N3O3/c1-14(2,3)9-7-18-10(11(9)19(20)21)8-5-4-6-17-12(8)22-13(15)16/h4-7,13,18H,1-3H3. The summed E-state index contributed by atoms with van der Waals surface area (Å²) in [6.45, 7) is 2.41. The van der Waals surface area contributed by atoms with E-state index in [-0.39, 0.29) is 22.8 Å². The molecule has 0 aromatic carbocycles. The summed E-state index contributed by atoms with van der Waals surface area (Å²) < 4.78 is 29.3. The second kappa shape index (κ2) is 5.70. The van der Waals surface area contributed by atoms with Crippen LogP contribution in [0.2, 0.25) is 0 Å². The van der Waals surface area contributed by atoms with Crippen molar-refractivity contribution in [2.24, 2.45) is 0 Å². The number of nitro groups is 1. The summed E-state index contributed by atoms with van der Waals surface area (Å²) in [4.78, 5) is 17.4. The summed E-state index contributed by atoms with van der Waals surface area (Å²) in [5.41, 5.74) is 0.0333. The summed E-state index contributed by atoms with van der Waals surface area (Å²) in [6.07, 6.45) is 2.78. The van der Waals surface area contributed by atoms with Gasteiger partial charge in [-0.25, -0.2) is 4.98 Å². The number of rotatable bonds is 4. The smallest absolute Gasteiger partial charge is 0.388 e. The van der Waals surface area contributed by atoms with Crippen molar-refractivity contribution in [3.05, 3.63) is 40.2 Å². The van der Waals surface area contributed by atoms with E-state index in [1.54, 1.807) is 0 Å². The van der Waals surface area contributed by atoms with Gasteiger partial charge in [-0.15, -0.1) is 0 Å². The van der Waals surface area contributed by atoms with Gasteiger partial charge in [-0.1, -0.05) is 20.8 Å². The topological polar surface area (TPSA) is 81.0 Å². The lowest BCUT2D eigenvalue weighted by Gasteiger charge is -2.15. The SMILES string of the molecule is CC(C)(C)c1c[nH]c(-c2cccnc2OC(F)F)c1[N+](=O)[O-]. The second-order valence-electron chi connectivity index (χ2n) is 5.67. The Kier molecular flexibility index (Phi) is 4.11. The minimum Gasteiger partial charge on any atom is -0.416 e. The van der Waals surface area contributed by atoms with Crippen LogP contribution in [0.1, 0.15) is 26.3 Å². The van der Waals surface area contributed by atoms with Crippen LogP contribution in [0.25, 0.3) is 11.3 Å². The Bertz CT molecular complexity index is 693. The van der Waals surface area contributed by atoms with E-state index in [1.165, 1.54) is 24.5 Å². The molecule has 0 radical (unpaired) electrons. The van der Waals surface area contributed by atoms with Crippen molar-refractivity contribution in [2.45, 2.75) is 32.8 Å². The minimum absolute atomic E-state index is 0.0960. The van der Waals surface area contributed by atoms with Crippen molar-refractivity contribution in [2.75, 3.05) is 0 Å². The molecule has 0 aliphatic heterocycles. The number of H-pyrrole nitrogens is 1. The Labute approximate surface area is 125 Å². The minimum atomic E-state index is -3.07. The zero-order chi connectivity index (χ0) is 16.5. The predicted molar refractivity (Wildman–Crippen MR) is 76.0 cm³/mol. The van der Waals surface area contributed by atoms with Gasteiger partial charge in [-0.3, -0.25) is 10.1 Å². The van der Waals surface area contributed by atoms with Gasteiger partial charge in [0.2, 0.25) is 5.88 Å². The molecular formula is C14H15F2N3O3. The number of nitrogens with one attached hydrogen (secondary N) is 1. The fourth-order valence-corrected chi connectivity index (χ4v) is 2.14. The third-order valence-corrected chi connectivity index (χ3v) is 3.08. The summed E-state index contributed by atoms with van der Waals surface area (Å²) in [5.74, 6) is -0.358. The maximum Gasteiger partial charge on any atom is 0.388 e. The Morgan fingerprint density at radius 1 is 1.41 bits per heavy atom. The largest absolute Gasteiger partial charge is 0.416 e. The van der Waals surface area contributed by atoms with Gasteiger partial charge in [0.1, 0.15) is 5.69 Å². The Hall–Kier alpha value is -2.51. The first-order chi connectivity index (χ1) is 10.2. The maximum atomic E-state index is 12.5. The highest BCUT2D eigenvalue weighted by molar-refractivity contribution is 5.76. The van der Waals surface area contributed by atoms with Crippen LogP contribution in [0.15, 0.2) is 24.5 Å². The second-order valence-corrected chi connectivity index (χ2v) is 5.67. The van der Waals surface area contributed by atoms with Crippen LogP contribution >= 0.6 is 0 Å². The van der Waals surface area contributed by atoms with E-state index in [1.807, 2.05) is 20.8 Å². The van der Waals surface area contributed by atoms with Crippen molar-refractivity contribution in [3.8, 4) is 17.1 Å². The van der Waals surface area contributed by atoms with E-state index in [0.29, 0.717) is 5.56 Å². The molecule has 2 rings (SSSR count). The van der Waals surface area contributed by atoms with Crippen molar-refractivity contribution < 1.29 is 18.4 Å². The highest BCUT2D eigenvalue weighted by Gasteiger charge is 2.32. The molecule has 0 saturated carbocycles. The van der Waals surface area contributed by atoms with Crippen molar-refractivity contribution >= 4 is 5.69 Å². The molecule has 0 saturated heterocycles. The molecule has 0 bridgehead atoms. The lowest BCUT2D eigenvalue weighted by molar-refractivity contribution is -0.385. The van der Waals surface area contributed by atoms with Gasteiger partial charge in [0.05, 0.1) is 16.1 Å². The fourth-order valence-electron chi connectivity index (χ4n) is 2.14. The van der Waals surface area contributed by atoms with Crippen LogP contribution in [0.3, 0.4) is 0 Å². The van der Waals surface area contributed by atoms with Gasteiger partial charge >= 0.3 is 6.61 Å². The molecule has 1 N–H and O–H groups in total. The number of aromatic nitrogens is 2. The molecule has 22 heavy (non-hydrogen) atoms. The average Bonchev–Trinajstić information content (AvgIpc) is 2.83. The average molecular weight is 311 g/mol. The van der Waals surface area contributed by atoms with E-state index in [0.717, 1.165) is 0 Å². The summed E-state index contributed by atoms with van der Waals surface area (Å²) >= 11 is 0. The normalized spacial score (nSPS) is 11.7. The quantitative estimate of drug-likeness (QED) is 0.686. The van der Waals surface area contributed by atoms with Crippen LogP contribution in [-0.2, 0) is 5.41 Å². The third kappa shape index (κ3) is 3.05. The number of aromatic amines is 1. The zero-order valence-corrected chi connectivity index (χ0v) is 12.3. The van der Waals surface area contributed by atoms with E-state index in [2.05, 4.69) is 14.7 Å². The number of ether oxygens (including phenoxy) is 1. The lowest BCUT2D eigenvalue weighted by atomic mass is 9.87. The highest BCUT2D eigenvalue weighted by atomic mass is 19.3.